The number of rotatable bonds is 1. The summed E-state index contributed by atoms with van der Waals surface area (Å²) in [6.07, 6.45) is 0.759. The highest BCUT2D eigenvalue weighted by molar-refractivity contribution is 6.03. The predicted molar refractivity (Wildman–Crippen MR) is 77.5 cm³/mol. The predicted octanol–water partition coefficient (Wildman–Crippen LogP) is 3.95. The van der Waals surface area contributed by atoms with Crippen LogP contribution in [-0.4, -0.2) is 12.1 Å². The summed E-state index contributed by atoms with van der Waals surface area (Å²) in [5.41, 5.74) is 1.88. The van der Waals surface area contributed by atoms with Crippen LogP contribution in [0, 0.1) is 11.6 Å². The van der Waals surface area contributed by atoms with Crippen molar-refractivity contribution >= 4 is 17.4 Å². The van der Waals surface area contributed by atoms with Gasteiger partial charge in [-0.05, 0) is 37.1 Å². The molecule has 0 fully saturated rings. The molecule has 3 nitrogen and oxygen atoms in total. The minimum Gasteiger partial charge on any atom is -0.305 e. The molecular weight excluding hydrogens is 274 g/mol. The van der Waals surface area contributed by atoms with Gasteiger partial charge in [-0.3, -0.25) is 4.90 Å². The monoisotopic (exact) mass is 288 g/mol. The molecule has 5 heteroatoms. The zero-order valence-electron chi connectivity index (χ0n) is 11.4. The normalized spacial score (nSPS) is 16.7. The van der Waals surface area contributed by atoms with Crippen molar-refractivity contribution in [2.24, 2.45) is 0 Å². The highest BCUT2D eigenvalue weighted by Gasteiger charge is 2.30. The fourth-order valence-electron chi connectivity index (χ4n) is 2.64. The third-order valence-corrected chi connectivity index (χ3v) is 3.60. The Balaban J connectivity index is 1.86. The zero-order chi connectivity index (χ0) is 15.0. The van der Waals surface area contributed by atoms with E-state index in [4.69, 9.17) is 0 Å². The number of para-hydroxylation sites is 1. The number of hydrogen-bond acceptors (Lipinski definition) is 1. The Kier molecular flexibility index (Phi) is 3.33. The molecule has 2 aromatic rings. The SMILES string of the molecule is C[C@H]1Cc2ccccc2N1C(=O)Nc1ccc(F)cc1F. The van der Waals surface area contributed by atoms with Gasteiger partial charge in [0.2, 0.25) is 0 Å². The average Bonchev–Trinajstić information content (AvgIpc) is 2.77. The summed E-state index contributed by atoms with van der Waals surface area (Å²) in [5, 5.41) is 2.50. The highest BCUT2D eigenvalue weighted by Crippen LogP contribution is 2.32. The van der Waals surface area contributed by atoms with Crippen molar-refractivity contribution in [2.75, 3.05) is 10.2 Å². The smallest absolute Gasteiger partial charge is 0.305 e. The minimum absolute atomic E-state index is 0.00842. The first-order valence-corrected chi connectivity index (χ1v) is 6.69. The van der Waals surface area contributed by atoms with E-state index in [9.17, 15) is 13.6 Å². The van der Waals surface area contributed by atoms with E-state index in [2.05, 4.69) is 5.32 Å². The van der Waals surface area contributed by atoms with Crippen LogP contribution in [0.1, 0.15) is 12.5 Å². The number of nitrogens with one attached hydrogen (secondary N) is 1. The maximum atomic E-state index is 13.6. The van der Waals surface area contributed by atoms with Crippen LogP contribution in [0.2, 0.25) is 0 Å². The summed E-state index contributed by atoms with van der Waals surface area (Å²) in [7, 11) is 0. The van der Waals surface area contributed by atoms with Gasteiger partial charge >= 0.3 is 6.03 Å². The fourth-order valence-corrected chi connectivity index (χ4v) is 2.64. The molecule has 108 valence electrons. The second kappa shape index (κ2) is 5.16. The second-order valence-corrected chi connectivity index (χ2v) is 5.11. The highest BCUT2D eigenvalue weighted by atomic mass is 19.1. The number of carbonyl (C=O) groups is 1. The Labute approximate surface area is 121 Å². The lowest BCUT2D eigenvalue weighted by atomic mass is 10.1. The topological polar surface area (TPSA) is 32.3 Å². The van der Waals surface area contributed by atoms with E-state index in [-0.39, 0.29) is 11.7 Å². The minimum atomic E-state index is -0.788. The number of benzene rings is 2. The van der Waals surface area contributed by atoms with Crippen LogP contribution in [-0.2, 0) is 6.42 Å². The fraction of sp³-hybridized carbons (Fsp3) is 0.188. The van der Waals surface area contributed by atoms with E-state index in [0.29, 0.717) is 0 Å². The van der Waals surface area contributed by atoms with E-state index < -0.39 is 17.7 Å². The number of anilines is 2. The molecule has 1 atom stereocenters. The summed E-state index contributed by atoms with van der Waals surface area (Å²) >= 11 is 0. The molecule has 1 aliphatic rings. The molecule has 0 bridgehead atoms. The van der Waals surface area contributed by atoms with Crippen LogP contribution in [0.25, 0.3) is 0 Å². The van der Waals surface area contributed by atoms with Crippen LogP contribution in [0.4, 0.5) is 25.0 Å². The van der Waals surface area contributed by atoms with Crippen LogP contribution in [0.3, 0.4) is 0 Å². The van der Waals surface area contributed by atoms with Gasteiger partial charge in [0.25, 0.3) is 0 Å². The van der Waals surface area contributed by atoms with Crippen LogP contribution >= 0.6 is 0 Å². The van der Waals surface area contributed by atoms with Crippen molar-refractivity contribution in [1.29, 1.82) is 0 Å². The average molecular weight is 288 g/mol. The molecule has 0 unspecified atom stereocenters. The first-order chi connectivity index (χ1) is 10.1. The maximum Gasteiger partial charge on any atom is 0.326 e. The van der Waals surface area contributed by atoms with Gasteiger partial charge in [0.15, 0.2) is 0 Å². The third kappa shape index (κ3) is 2.46. The van der Waals surface area contributed by atoms with Crippen LogP contribution in [0.15, 0.2) is 42.5 Å². The Morgan fingerprint density at radius 1 is 1.24 bits per heavy atom. The molecule has 0 spiro atoms. The molecule has 3 rings (SSSR count). The van der Waals surface area contributed by atoms with Gasteiger partial charge < -0.3 is 5.32 Å². The van der Waals surface area contributed by atoms with Crippen molar-refractivity contribution < 1.29 is 13.6 Å². The Hall–Kier alpha value is -2.43. The van der Waals surface area contributed by atoms with Gasteiger partial charge in [0, 0.05) is 17.8 Å². The third-order valence-electron chi connectivity index (χ3n) is 3.60. The molecule has 2 aromatic carbocycles. The molecule has 1 N–H and O–H groups in total. The van der Waals surface area contributed by atoms with Gasteiger partial charge in [-0.25, -0.2) is 13.6 Å². The first kappa shape index (κ1) is 13.5. The molecule has 21 heavy (non-hydrogen) atoms. The molecule has 0 aromatic heterocycles. The zero-order valence-corrected chi connectivity index (χ0v) is 11.4. The van der Waals surface area contributed by atoms with E-state index >= 15 is 0 Å². The number of urea groups is 1. The second-order valence-electron chi connectivity index (χ2n) is 5.11. The number of nitrogens with zero attached hydrogens (tertiary/aromatic N) is 1. The summed E-state index contributed by atoms with van der Waals surface area (Å²) in [4.78, 5) is 14.0. The largest absolute Gasteiger partial charge is 0.326 e. The molecule has 0 aliphatic carbocycles. The summed E-state index contributed by atoms with van der Waals surface area (Å²) in [6, 6.07) is 10.3. The number of hydrogen-bond donors (Lipinski definition) is 1. The van der Waals surface area contributed by atoms with E-state index in [1.54, 1.807) is 4.90 Å². The molecule has 1 heterocycles. The summed E-state index contributed by atoms with van der Waals surface area (Å²) in [6.45, 7) is 1.93. The molecule has 2 amide bonds. The number of fused-ring (bicyclic) bond motifs is 1. The van der Waals surface area contributed by atoms with Gasteiger partial charge in [-0.15, -0.1) is 0 Å². The lowest BCUT2D eigenvalue weighted by Gasteiger charge is -2.23. The Morgan fingerprint density at radius 2 is 2.00 bits per heavy atom. The van der Waals surface area contributed by atoms with Gasteiger partial charge in [-0.2, -0.15) is 0 Å². The van der Waals surface area contributed by atoms with Crippen molar-refractivity contribution in [3.63, 3.8) is 0 Å². The molecular formula is C16H14F2N2O. The Bertz CT molecular complexity index is 702. The van der Waals surface area contributed by atoms with E-state index in [1.807, 2.05) is 31.2 Å². The van der Waals surface area contributed by atoms with Gasteiger partial charge in [0.1, 0.15) is 11.6 Å². The van der Waals surface area contributed by atoms with Crippen molar-refractivity contribution in [2.45, 2.75) is 19.4 Å². The lowest BCUT2D eigenvalue weighted by Crippen LogP contribution is -2.39. The lowest BCUT2D eigenvalue weighted by molar-refractivity contribution is 0.255. The van der Waals surface area contributed by atoms with E-state index in [0.717, 1.165) is 29.8 Å². The summed E-state index contributed by atoms with van der Waals surface area (Å²) < 4.78 is 26.5. The number of amides is 2. The van der Waals surface area contributed by atoms with Gasteiger partial charge in [0.05, 0.1) is 5.69 Å². The number of carbonyl (C=O) groups excluding carboxylic acids is 1. The molecule has 0 saturated heterocycles. The summed E-state index contributed by atoms with van der Waals surface area (Å²) in [5.74, 6) is -1.46. The maximum absolute atomic E-state index is 13.6. The van der Waals surface area contributed by atoms with Crippen LogP contribution < -0.4 is 10.2 Å². The number of halogens is 2. The van der Waals surface area contributed by atoms with Crippen molar-refractivity contribution in [3.05, 3.63) is 59.7 Å². The Morgan fingerprint density at radius 3 is 2.76 bits per heavy atom. The van der Waals surface area contributed by atoms with E-state index in [1.165, 1.54) is 6.07 Å². The van der Waals surface area contributed by atoms with Crippen molar-refractivity contribution in [3.8, 4) is 0 Å². The van der Waals surface area contributed by atoms with Gasteiger partial charge in [-0.1, -0.05) is 18.2 Å². The standard InChI is InChI=1S/C16H14F2N2O/c1-10-8-11-4-2-3-5-15(11)20(10)16(21)19-14-7-6-12(17)9-13(14)18/h2-7,9-10H,8H2,1H3,(H,19,21)/t10-/m0/s1. The first-order valence-electron chi connectivity index (χ1n) is 6.69. The molecule has 0 saturated carbocycles. The van der Waals surface area contributed by atoms with Crippen molar-refractivity contribution in [1.82, 2.24) is 0 Å². The molecule has 0 radical (unpaired) electrons. The molecule has 1 aliphatic heterocycles. The quantitative estimate of drug-likeness (QED) is 0.846. The van der Waals surface area contributed by atoms with Crippen LogP contribution in [0.5, 0.6) is 0 Å².